The molecule has 4 heteroatoms. The lowest BCUT2D eigenvalue weighted by Crippen LogP contribution is -2.39. The van der Waals surface area contributed by atoms with Crippen molar-refractivity contribution < 1.29 is 0 Å². The van der Waals surface area contributed by atoms with Gasteiger partial charge in [-0.3, -0.25) is 4.90 Å². The van der Waals surface area contributed by atoms with Crippen LogP contribution in [0, 0.1) is 0 Å². The van der Waals surface area contributed by atoms with Gasteiger partial charge in [-0.2, -0.15) is 11.8 Å². The Bertz CT molecular complexity index is 599. The van der Waals surface area contributed by atoms with Crippen LogP contribution in [0.4, 0.5) is 5.82 Å². The van der Waals surface area contributed by atoms with Gasteiger partial charge in [-0.25, -0.2) is 4.98 Å². The second-order valence-corrected chi connectivity index (χ2v) is 6.48. The SMILES string of the molecule is CNc1nc2ccccc2cc1CN1CCSCC1C. The molecule has 0 spiro atoms. The Kier molecular flexibility index (Phi) is 4.13. The topological polar surface area (TPSA) is 28.2 Å². The molecule has 1 aromatic heterocycles. The van der Waals surface area contributed by atoms with E-state index in [4.69, 9.17) is 4.98 Å². The molecule has 0 amide bonds. The Labute approximate surface area is 124 Å². The molecule has 1 saturated heterocycles. The average molecular weight is 287 g/mol. The lowest BCUT2D eigenvalue weighted by molar-refractivity contribution is 0.224. The van der Waals surface area contributed by atoms with Gasteiger partial charge in [0.15, 0.2) is 0 Å². The fraction of sp³-hybridized carbons (Fsp3) is 0.438. The van der Waals surface area contributed by atoms with E-state index in [-0.39, 0.29) is 0 Å². The third-order valence-corrected chi connectivity index (χ3v) is 5.11. The van der Waals surface area contributed by atoms with E-state index in [0.29, 0.717) is 6.04 Å². The van der Waals surface area contributed by atoms with Crippen LogP contribution in [0.15, 0.2) is 30.3 Å². The number of anilines is 1. The molecule has 3 nitrogen and oxygen atoms in total. The standard InChI is InChI=1S/C16H21N3S/c1-12-11-20-8-7-19(12)10-14-9-13-5-3-4-6-15(13)18-16(14)17-2/h3-6,9,12H,7-8,10-11H2,1-2H3,(H,17,18). The summed E-state index contributed by atoms with van der Waals surface area (Å²) in [5.41, 5.74) is 2.35. The molecule has 1 aliphatic rings. The molecule has 106 valence electrons. The number of pyridine rings is 1. The maximum atomic E-state index is 4.74. The number of hydrogen-bond acceptors (Lipinski definition) is 4. The lowest BCUT2D eigenvalue weighted by atomic mass is 10.1. The van der Waals surface area contributed by atoms with Gasteiger partial charge in [0.2, 0.25) is 0 Å². The number of benzene rings is 1. The van der Waals surface area contributed by atoms with Crippen molar-refractivity contribution in [3.05, 3.63) is 35.9 Å². The van der Waals surface area contributed by atoms with Crippen LogP contribution in [0.1, 0.15) is 12.5 Å². The van der Waals surface area contributed by atoms with Crippen molar-refractivity contribution in [3.63, 3.8) is 0 Å². The van der Waals surface area contributed by atoms with Crippen LogP contribution in [0.25, 0.3) is 10.9 Å². The molecule has 0 aliphatic carbocycles. The molecule has 20 heavy (non-hydrogen) atoms. The van der Waals surface area contributed by atoms with Crippen LogP contribution < -0.4 is 5.32 Å². The normalized spacial score (nSPS) is 20.2. The summed E-state index contributed by atoms with van der Waals surface area (Å²) >= 11 is 2.06. The molecule has 0 saturated carbocycles. The number of rotatable bonds is 3. The molecular formula is C16H21N3S. The summed E-state index contributed by atoms with van der Waals surface area (Å²) in [6.07, 6.45) is 0. The highest BCUT2D eigenvalue weighted by Crippen LogP contribution is 2.24. The predicted octanol–water partition coefficient (Wildman–Crippen LogP) is 3.21. The summed E-state index contributed by atoms with van der Waals surface area (Å²) in [6.45, 7) is 4.47. The minimum absolute atomic E-state index is 0.643. The van der Waals surface area contributed by atoms with E-state index in [1.54, 1.807) is 0 Å². The fourth-order valence-corrected chi connectivity index (χ4v) is 3.79. The molecule has 2 heterocycles. The second-order valence-electron chi connectivity index (χ2n) is 5.33. The summed E-state index contributed by atoms with van der Waals surface area (Å²) in [5.74, 6) is 3.48. The van der Waals surface area contributed by atoms with Crippen LogP contribution >= 0.6 is 11.8 Å². The number of aromatic nitrogens is 1. The summed E-state index contributed by atoms with van der Waals surface area (Å²) in [7, 11) is 1.95. The molecule has 1 unspecified atom stereocenters. The van der Waals surface area contributed by atoms with Gasteiger partial charge in [-0.1, -0.05) is 18.2 Å². The molecule has 1 aliphatic heterocycles. The largest absolute Gasteiger partial charge is 0.373 e. The zero-order chi connectivity index (χ0) is 13.9. The van der Waals surface area contributed by atoms with Crippen LogP contribution in [0.2, 0.25) is 0 Å². The van der Waals surface area contributed by atoms with Gasteiger partial charge in [0.05, 0.1) is 5.52 Å². The van der Waals surface area contributed by atoms with Crippen molar-refractivity contribution in [2.24, 2.45) is 0 Å². The summed E-state index contributed by atoms with van der Waals surface area (Å²) in [5, 5.41) is 4.47. The van der Waals surface area contributed by atoms with E-state index in [1.165, 1.54) is 29.0 Å². The zero-order valence-electron chi connectivity index (χ0n) is 12.1. The van der Waals surface area contributed by atoms with E-state index in [9.17, 15) is 0 Å². The maximum Gasteiger partial charge on any atom is 0.130 e. The van der Waals surface area contributed by atoms with Crippen molar-refractivity contribution in [2.75, 3.05) is 30.4 Å². The van der Waals surface area contributed by atoms with E-state index in [1.807, 2.05) is 13.1 Å². The number of thioether (sulfide) groups is 1. The second kappa shape index (κ2) is 6.02. The van der Waals surface area contributed by atoms with Crippen molar-refractivity contribution >= 4 is 28.5 Å². The molecular weight excluding hydrogens is 266 g/mol. The molecule has 1 N–H and O–H groups in total. The highest BCUT2D eigenvalue weighted by atomic mass is 32.2. The third kappa shape index (κ3) is 2.76. The summed E-state index contributed by atoms with van der Waals surface area (Å²) in [4.78, 5) is 7.30. The van der Waals surface area contributed by atoms with E-state index in [0.717, 1.165) is 17.9 Å². The maximum absolute atomic E-state index is 4.74. The Morgan fingerprint density at radius 3 is 3.05 bits per heavy atom. The average Bonchev–Trinajstić information content (AvgIpc) is 2.49. The minimum Gasteiger partial charge on any atom is -0.373 e. The van der Waals surface area contributed by atoms with Crippen LogP contribution in [0.3, 0.4) is 0 Å². The molecule has 1 atom stereocenters. The van der Waals surface area contributed by atoms with Crippen LogP contribution in [-0.2, 0) is 6.54 Å². The van der Waals surface area contributed by atoms with Crippen molar-refractivity contribution in [1.82, 2.24) is 9.88 Å². The monoisotopic (exact) mass is 287 g/mol. The van der Waals surface area contributed by atoms with Gasteiger partial charge in [-0.05, 0) is 19.1 Å². The molecule has 1 fully saturated rings. The number of hydrogen-bond donors (Lipinski definition) is 1. The summed E-state index contributed by atoms with van der Waals surface area (Å²) in [6, 6.07) is 11.2. The Hall–Kier alpha value is -1.26. The third-order valence-electron chi connectivity index (χ3n) is 3.92. The first-order valence-corrected chi connectivity index (χ1v) is 8.31. The number of fused-ring (bicyclic) bond motifs is 1. The Morgan fingerprint density at radius 1 is 1.40 bits per heavy atom. The molecule has 0 bridgehead atoms. The highest BCUT2D eigenvalue weighted by Gasteiger charge is 2.20. The van der Waals surface area contributed by atoms with E-state index in [2.05, 4.69) is 53.2 Å². The van der Waals surface area contributed by atoms with Gasteiger partial charge in [0.25, 0.3) is 0 Å². The van der Waals surface area contributed by atoms with Crippen LogP contribution in [0.5, 0.6) is 0 Å². The van der Waals surface area contributed by atoms with Gasteiger partial charge in [0, 0.05) is 48.6 Å². The first kappa shape index (κ1) is 13.7. The highest BCUT2D eigenvalue weighted by molar-refractivity contribution is 7.99. The summed E-state index contributed by atoms with van der Waals surface area (Å²) < 4.78 is 0. The van der Waals surface area contributed by atoms with Crippen molar-refractivity contribution in [2.45, 2.75) is 19.5 Å². The van der Waals surface area contributed by atoms with Crippen molar-refractivity contribution in [3.8, 4) is 0 Å². The first-order chi connectivity index (χ1) is 9.78. The molecule has 1 aromatic carbocycles. The van der Waals surface area contributed by atoms with E-state index < -0.39 is 0 Å². The van der Waals surface area contributed by atoms with Gasteiger partial charge in [-0.15, -0.1) is 0 Å². The van der Waals surface area contributed by atoms with Crippen LogP contribution in [-0.4, -0.2) is 41.0 Å². The molecule has 3 rings (SSSR count). The van der Waals surface area contributed by atoms with Crippen molar-refractivity contribution in [1.29, 1.82) is 0 Å². The number of nitrogens with zero attached hydrogens (tertiary/aromatic N) is 2. The van der Waals surface area contributed by atoms with Gasteiger partial charge >= 0.3 is 0 Å². The van der Waals surface area contributed by atoms with Gasteiger partial charge in [0.1, 0.15) is 5.82 Å². The fourth-order valence-electron chi connectivity index (χ4n) is 2.71. The van der Waals surface area contributed by atoms with Gasteiger partial charge < -0.3 is 5.32 Å². The molecule has 0 radical (unpaired) electrons. The smallest absolute Gasteiger partial charge is 0.130 e. The minimum atomic E-state index is 0.643. The Balaban J connectivity index is 1.92. The number of nitrogens with one attached hydrogen (secondary N) is 1. The van der Waals surface area contributed by atoms with E-state index >= 15 is 0 Å². The first-order valence-electron chi connectivity index (χ1n) is 7.16. The Morgan fingerprint density at radius 2 is 2.25 bits per heavy atom. The quantitative estimate of drug-likeness (QED) is 0.938. The molecule has 2 aromatic rings. The lowest BCUT2D eigenvalue weighted by Gasteiger charge is -2.33. The zero-order valence-corrected chi connectivity index (χ0v) is 12.9. The number of para-hydroxylation sites is 1. The predicted molar refractivity (Wildman–Crippen MR) is 88.5 cm³/mol.